The monoisotopic (exact) mass is 396 g/mol. The maximum absolute atomic E-state index is 13.1. The second-order valence-electron chi connectivity index (χ2n) is 6.48. The summed E-state index contributed by atoms with van der Waals surface area (Å²) in [5, 5.41) is 3.46. The molecule has 0 aliphatic carbocycles. The molecule has 2 amide bonds. The van der Waals surface area contributed by atoms with E-state index in [4.69, 9.17) is 16.3 Å². The van der Waals surface area contributed by atoms with E-state index in [1.54, 1.807) is 31.2 Å². The van der Waals surface area contributed by atoms with Crippen LogP contribution in [0, 0.1) is 5.92 Å². The third-order valence-corrected chi connectivity index (χ3v) is 5.26. The quantitative estimate of drug-likeness (QED) is 0.760. The number of ether oxygens (including phenoxy) is 1. The number of allylic oxidation sites excluding steroid dienone is 1. The zero-order valence-electron chi connectivity index (χ0n) is 15.4. The van der Waals surface area contributed by atoms with Gasteiger partial charge in [0, 0.05) is 23.0 Å². The first-order chi connectivity index (χ1) is 12.4. The largest absolute Gasteiger partial charge is 0.496 e. The van der Waals surface area contributed by atoms with Crippen molar-refractivity contribution < 1.29 is 14.3 Å². The number of thioether (sulfide) groups is 1. The summed E-state index contributed by atoms with van der Waals surface area (Å²) >= 11 is 7.42. The summed E-state index contributed by atoms with van der Waals surface area (Å²) in [7, 11) is 0. The summed E-state index contributed by atoms with van der Waals surface area (Å²) in [6, 6.07) is 6.90. The standard InChI is InChI=1S/C19H25ClN2O3S/c1-13(2)8-9-21-17(23)12-22(16-6-4-15(20)5-7-16)19(24)18-14(3)25-10-11-26-18/h4-7,13H,8-12H2,1-3H3,(H,21,23). The first-order valence-corrected chi connectivity index (χ1v) is 10.1. The third-order valence-electron chi connectivity index (χ3n) is 3.89. The Morgan fingerprint density at radius 2 is 2.00 bits per heavy atom. The fourth-order valence-electron chi connectivity index (χ4n) is 2.44. The molecule has 1 N–H and O–H groups in total. The van der Waals surface area contributed by atoms with Gasteiger partial charge in [0.15, 0.2) is 0 Å². The van der Waals surface area contributed by atoms with Gasteiger partial charge in [-0.05, 0) is 43.5 Å². The highest BCUT2D eigenvalue weighted by Gasteiger charge is 2.27. The van der Waals surface area contributed by atoms with E-state index in [1.165, 1.54) is 16.7 Å². The molecule has 1 aliphatic heterocycles. The molecular formula is C19H25ClN2O3S. The minimum atomic E-state index is -0.228. The maximum atomic E-state index is 13.1. The summed E-state index contributed by atoms with van der Waals surface area (Å²) in [5.74, 6) is 1.41. The van der Waals surface area contributed by atoms with Gasteiger partial charge in [0.2, 0.25) is 5.91 Å². The number of nitrogens with zero attached hydrogens (tertiary/aromatic N) is 1. The van der Waals surface area contributed by atoms with Gasteiger partial charge in [-0.2, -0.15) is 0 Å². The molecule has 0 spiro atoms. The lowest BCUT2D eigenvalue weighted by atomic mass is 10.1. The SMILES string of the molecule is CC1=C(C(=O)N(CC(=O)NCCC(C)C)c2ccc(Cl)cc2)SCCO1. The van der Waals surface area contributed by atoms with Gasteiger partial charge in [0.1, 0.15) is 17.2 Å². The summed E-state index contributed by atoms with van der Waals surface area (Å²) < 4.78 is 5.50. The maximum Gasteiger partial charge on any atom is 0.268 e. The van der Waals surface area contributed by atoms with E-state index in [0.717, 1.165) is 6.42 Å². The molecule has 0 aromatic heterocycles. The molecule has 0 radical (unpaired) electrons. The average Bonchev–Trinajstić information content (AvgIpc) is 2.60. The second kappa shape index (κ2) is 9.88. The van der Waals surface area contributed by atoms with Crippen LogP contribution in [0.1, 0.15) is 27.2 Å². The number of anilines is 1. The van der Waals surface area contributed by atoms with E-state index < -0.39 is 0 Å². The van der Waals surface area contributed by atoms with Gasteiger partial charge in [-0.25, -0.2) is 0 Å². The average molecular weight is 397 g/mol. The number of hydrogen-bond acceptors (Lipinski definition) is 4. The lowest BCUT2D eigenvalue weighted by molar-refractivity contribution is -0.122. The van der Waals surface area contributed by atoms with Crippen LogP contribution in [0.15, 0.2) is 34.9 Å². The first kappa shape index (κ1) is 20.6. The number of benzene rings is 1. The zero-order chi connectivity index (χ0) is 19.1. The molecule has 2 rings (SSSR count). The van der Waals surface area contributed by atoms with Crippen molar-refractivity contribution in [2.75, 3.05) is 30.3 Å². The molecule has 0 unspecified atom stereocenters. The fraction of sp³-hybridized carbons (Fsp3) is 0.474. The van der Waals surface area contributed by atoms with Crippen LogP contribution >= 0.6 is 23.4 Å². The normalized spacial score (nSPS) is 14.2. The lowest BCUT2D eigenvalue weighted by Gasteiger charge is -2.26. The minimum Gasteiger partial charge on any atom is -0.496 e. The second-order valence-corrected chi connectivity index (χ2v) is 8.02. The van der Waals surface area contributed by atoms with Crippen molar-refractivity contribution in [3.63, 3.8) is 0 Å². The Morgan fingerprint density at radius 1 is 1.31 bits per heavy atom. The van der Waals surface area contributed by atoms with E-state index in [9.17, 15) is 9.59 Å². The highest BCUT2D eigenvalue weighted by atomic mass is 35.5. The van der Waals surface area contributed by atoms with Crippen molar-refractivity contribution in [2.24, 2.45) is 5.92 Å². The highest BCUT2D eigenvalue weighted by molar-refractivity contribution is 8.04. The first-order valence-electron chi connectivity index (χ1n) is 8.69. The van der Waals surface area contributed by atoms with Gasteiger partial charge >= 0.3 is 0 Å². The Kier molecular flexibility index (Phi) is 7.85. The van der Waals surface area contributed by atoms with Crippen LogP contribution in [-0.4, -0.2) is 37.3 Å². The fourth-order valence-corrected chi connectivity index (χ4v) is 3.43. The predicted octanol–water partition coefficient (Wildman–Crippen LogP) is 3.83. The predicted molar refractivity (Wildman–Crippen MR) is 107 cm³/mol. The van der Waals surface area contributed by atoms with Crippen molar-refractivity contribution in [3.05, 3.63) is 40.0 Å². The van der Waals surface area contributed by atoms with Gasteiger partial charge in [-0.15, -0.1) is 11.8 Å². The molecular weight excluding hydrogens is 372 g/mol. The Bertz CT molecular complexity index is 674. The highest BCUT2D eigenvalue weighted by Crippen LogP contribution is 2.29. The molecule has 5 nitrogen and oxygen atoms in total. The number of carbonyl (C=O) groups is 2. The number of halogens is 1. The Labute approximate surface area is 164 Å². The molecule has 26 heavy (non-hydrogen) atoms. The van der Waals surface area contributed by atoms with Crippen molar-refractivity contribution in [1.29, 1.82) is 0 Å². The molecule has 0 bridgehead atoms. The Balaban J connectivity index is 2.18. The van der Waals surface area contributed by atoms with Crippen molar-refractivity contribution >= 4 is 40.9 Å². The van der Waals surface area contributed by atoms with Gasteiger partial charge in [0.05, 0.1) is 6.61 Å². The molecule has 1 aliphatic rings. The third kappa shape index (κ3) is 5.95. The molecule has 0 fully saturated rings. The number of carbonyl (C=O) groups excluding carboxylic acids is 2. The molecule has 1 heterocycles. The van der Waals surface area contributed by atoms with E-state index in [0.29, 0.717) is 46.2 Å². The van der Waals surface area contributed by atoms with Crippen LogP contribution in [0.4, 0.5) is 5.69 Å². The van der Waals surface area contributed by atoms with E-state index in [1.807, 2.05) is 0 Å². The van der Waals surface area contributed by atoms with Crippen LogP contribution < -0.4 is 10.2 Å². The molecule has 0 saturated carbocycles. The number of amides is 2. The van der Waals surface area contributed by atoms with Crippen LogP contribution in [-0.2, 0) is 14.3 Å². The summed E-state index contributed by atoms with van der Waals surface area (Å²) in [5.41, 5.74) is 0.630. The molecule has 1 aromatic carbocycles. The van der Waals surface area contributed by atoms with Gasteiger partial charge in [-0.1, -0.05) is 25.4 Å². The van der Waals surface area contributed by atoms with Gasteiger partial charge < -0.3 is 10.1 Å². The summed E-state index contributed by atoms with van der Waals surface area (Å²) in [6.07, 6.45) is 0.897. The smallest absolute Gasteiger partial charge is 0.268 e. The van der Waals surface area contributed by atoms with Crippen molar-refractivity contribution in [3.8, 4) is 0 Å². The number of nitrogens with one attached hydrogen (secondary N) is 1. The van der Waals surface area contributed by atoms with E-state index >= 15 is 0 Å². The molecule has 0 atom stereocenters. The van der Waals surface area contributed by atoms with Crippen LogP contribution in [0.25, 0.3) is 0 Å². The Hall–Kier alpha value is -1.66. The topological polar surface area (TPSA) is 58.6 Å². The van der Waals surface area contributed by atoms with Crippen molar-refractivity contribution in [1.82, 2.24) is 5.32 Å². The number of rotatable bonds is 7. The molecule has 7 heteroatoms. The van der Waals surface area contributed by atoms with Crippen LogP contribution in [0.3, 0.4) is 0 Å². The van der Waals surface area contributed by atoms with Gasteiger partial charge in [0.25, 0.3) is 5.91 Å². The van der Waals surface area contributed by atoms with E-state index in [-0.39, 0.29) is 18.4 Å². The lowest BCUT2D eigenvalue weighted by Crippen LogP contribution is -2.42. The van der Waals surface area contributed by atoms with Crippen LogP contribution in [0.5, 0.6) is 0 Å². The molecule has 142 valence electrons. The zero-order valence-corrected chi connectivity index (χ0v) is 17.0. The van der Waals surface area contributed by atoms with Gasteiger partial charge in [-0.3, -0.25) is 14.5 Å². The number of hydrogen-bond donors (Lipinski definition) is 1. The van der Waals surface area contributed by atoms with Crippen molar-refractivity contribution in [2.45, 2.75) is 27.2 Å². The Morgan fingerprint density at radius 3 is 2.62 bits per heavy atom. The van der Waals surface area contributed by atoms with Crippen LogP contribution in [0.2, 0.25) is 5.02 Å². The molecule has 1 aromatic rings. The van der Waals surface area contributed by atoms with E-state index in [2.05, 4.69) is 19.2 Å². The molecule has 0 saturated heterocycles. The summed E-state index contributed by atoms with van der Waals surface area (Å²) in [4.78, 5) is 27.4. The minimum absolute atomic E-state index is 0.0457. The summed E-state index contributed by atoms with van der Waals surface area (Å²) in [6.45, 7) is 7.12.